The van der Waals surface area contributed by atoms with Gasteiger partial charge in [0, 0.05) is 31.4 Å². The Balaban J connectivity index is 1.41. The summed E-state index contributed by atoms with van der Waals surface area (Å²) in [6, 6.07) is 4.05. The predicted molar refractivity (Wildman–Crippen MR) is 85.8 cm³/mol. The quantitative estimate of drug-likeness (QED) is 0.868. The molecule has 0 radical (unpaired) electrons. The van der Waals surface area contributed by atoms with E-state index < -0.39 is 0 Å². The Labute approximate surface area is 134 Å². The van der Waals surface area contributed by atoms with Gasteiger partial charge in [-0.25, -0.2) is 0 Å². The Bertz CT molecular complexity index is 591. The molecular weight excluding hydrogens is 296 g/mol. The number of ether oxygens (including phenoxy) is 1. The minimum absolute atomic E-state index is 0.358. The number of fused-ring (bicyclic) bond motifs is 1. The maximum Gasteiger partial charge on any atom is 0.208 e. The standard InChI is InChI=1S/C16H20N4OS/c1-4-13-8-20(16-19-18-11-22-16)9-14(13)15(5-1)21-10-12-3-2-6-17-7-12/h2-3,6-7,11,13-15H,1,4-5,8-10H2/t13-,14+,15+/m0/s1. The van der Waals surface area contributed by atoms with Gasteiger partial charge in [-0.3, -0.25) is 4.98 Å². The van der Waals surface area contributed by atoms with E-state index in [0.29, 0.717) is 18.6 Å². The fourth-order valence-corrected chi connectivity index (χ4v) is 4.35. The molecule has 1 saturated heterocycles. The molecule has 116 valence electrons. The first-order valence-corrected chi connectivity index (χ1v) is 8.80. The maximum absolute atomic E-state index is 6.25. The summed E-state index contributed by atoms with van der Waals surface area (Å²) in [6.07, 6.45) is 7.80. The Morgan fingerprint density at radius 2 is 2.32 bits per heavy atom. The van der Waals surface area contributed by atoms with E-state index in [1.165, 1.54) is 19.3 Å². The van der Waals surface area contributed by atoms with Crippen molar-refractivity contribution in [3.05, 3.63) is 35.6 Å². The highest BCUT2D eigenvalue weighted by molar-refractivity contribution is 7.13. The SMILES string of the molecule is c1cncc(CO[C@@H]2CCC[C@H]3CN(c4nncs4)C[C@H]32)c1. The van der Waals surface area contributed by atoms with Crippen LogP contribution in [0.3, 0.4) is 0 Å². The highest BCUT2D eigenvalue weighted by Gasteiger charge is 2.41. The zero-order chi connectivity index (χ0) is 14.8. The fourth-order valence-electron chi connectivity index (χ4n) is 3.77. The monoisotopic (exact) mass is 316 g/mol. The van der Waals surface area contributed by atoms with Crippen LogP contribution < -0.4 is 4.90 Å². The first kappa shape index (κ1) is 14.1. The second kappa shape index (κ2) is 6.30. The third kappa shape index (κ3) is 2.85. The van der Waals surface area contributed by atoms with E-state index in [1.807, 2.05) is 17.8 Å². The van der Waals surface area contributed by atoms with Crippen LogP contribution in [0.4, 0.5) is 5.13 Å². The van der Waals surface area contributed by atoms with E-state index in [4.69, 9.17) is 4.74 Å². The van der Waals surface area contributed by atoms with Crippen LogP contribution in [0.5, 0.6) is 0 Å². The van der Waals surface area contributed by atoms with Crippen molar-refractivity contribution >= 4 is 16.5 Å². The molecule has 2 aromatic rings. The molecule has 5 nitrogen and oxygen atoms in total. The van der Waals surface area contributed by atoms with Crippen molar-refractivity contribution < 1.29 is 4.74 Å². The van der Waals surface area contributed by atoms with E-state index in [9.17, 15) is 0 Å². The predicted octanol–water partition coefficient (Wildman–Crippen LogP) is 2.75. The van der Waals surface area contributed by atoms with Crippen LogP contribution in [-0.4, -0.2) is 34.4 Å². The third-order valence-electron chi connectivity index (χ3n) is 4.84. The first-order valence-electron chi connectivity index (χ1n) is 7.92. The van der Waals surface area contributed by atoms with Crippen molar-refractivity contribution in [3.63, 3.8) is 0 Å². The molecule has 2 aromatic heterocycles. The normalized spacial score (nSPS) is 27.8. The highest BCUT2D eigenvalue weighted by Crippen LogP contribution is 2.40. The summed E-state index contributed by atoms with van der Waals surface area (Å²) in [6.45, 7) is 2.82. The Kier molecular flexibility index (Phi) is 4.03. The summed E-state index contributed by atoms with van der Waals surface area (Å²) < 4.78 is 6.25. The summed E-state index contributed by atoms with van der Waals surface area (Å²) >= 11 is 1.63. The lowest BCUT2D eigenvalue weighted by molar-refractivity contribution is -0.0283. The molecule has 22 heavy (non-hydrogen) atoms. The van der Waals surface area contributed by atoms with Crippen LogP contribution in [-0.2, 0) is 11.3 Å². The van der Waals surface area contributed by atoms with Crippen molar-refractivity contribution in [3.8, 4) is 0 Å². The summed E-state index contributed by atoms with van der Waals surface area (Å²) in [4.78, 5) is 6.55. The van der Waals surface area contributed by atoms with Crippen LogP contribution in [0.2, 0.25) is 0 Å². The van der Waals surface area contributed by atoms with Crippen molar-refractivity contribution in [1.29, 1.82) is 0 Å². The van der Waals surface area contributed by atoms with Gasteiger partial charge < -0.3 is 9.64 Å². The number of aromatic nitrogens is 3. The number of hydrogen-bond acceptors (Lipinski definition) is 6. The van der Waals surface area contributed by atoms with Crippen LogP contribution in [0.1, 0.15) is 24.8 Å². The number of pyridine rings is 1. The maximum atomic E-state index is 6.25. The van der Waals surface area contributed by atoms with E-state index in [0.717, 1.165) is 29.7 Å². The molecule has 3 atom stereocenters. The fraction of sp³-hybridized carbons (Fsp3) is 0.562. The lowest BCUT2D eigenvalue weighted by Gasteiger charge is -2.32. The number of nitrogens with zero attached hydrogens (tertiary/aromatic N) is 4. The molecule has 0 amide bonds. The zero-order valence-corrected chi connectivity index (χ0v) is 13.3. The molecule has 3 heterocycles. The molecule has 2 fully saturated rings. The Morgan fingerprint density at radius 3 is 3.14 bits per heavy atom. The molecule has 0 bridgehead atoms. The lowest BCUT2D eigenvalue weighted by Crippen LogP contribution is -2.33. The van der Waals surface area contributed by atoms with E-state index in [1.54, 1.807) is 17.5 Å². The van der Waals surface area contributed by atoms with Crippen molar-refractivity contribution in [2.24, 2.45) is 11.8 Å². The average Bonchev–Trinajstić information content (AvgIpc) is 3.22. The van der Waals surface area contributed by atoms with Crippen molar-refractivity contribution in [2.45, 2.75) is 32.0 Å². The average molecular weight is 316 g/mol. The molecule has 0 aromatic carbocycles. The van der Waals surface area contributed by atoms with Gasteiger partial charge in [-0.1, -0.05) is 23.8 Å². The van der Waals surface area contributed by atoms with Crippen LogP contribution in [0.25, 0.3) is 0 Å². The second-order valence-corrected chi connectivity index (χ2v) is 7.00. The zero-order valence-electron chi connectivity index (χ0n) is 12.5. The summed E-state index contributed by atoms with van der Waals surface area (Å²) in [5.74, 6) is 1.35. The largest absolute Gasteiger partial charge is 0.373 e. The molecule has 0 spiro atoms. The molecule has 0 N–H and O–H groups in total. The third-order valence-corrected chi connectivity index (χ3v) is 5.59. The molecule has 2 aliphatic rings. The number of rotatable bonds is 4. The molecule has 1 aliphatic carbocycles. The summed E-state index contributed by atoms with van der Waals surface area (Å²) in [5, 5.41) is 9.24. The van der Waals surface area contributed by atoms with E-state index in [-0.39, 0.29) is 0 Å². The highest BCUT2D eigenvalue weighted by atomic mass is 32.1. The van der Waals surface area contributed by atoms with Crippen LogP contribution in [0, 0.1) is 11.8 Å². The molecule has 1 saturated carbocycles. The topological polar surface area (TPSA) is 51.1 Å². The number of hydrogen-bond donors (Lipinski definition) is 0. The summed E-state index contributed by atoms with van der Waals surface area (Å²) in [7, 11) is 0. The smallest absolute Gasteiger partial charge is 0.208 e. The van der Waals surface area contributed by atoms with Gasteiger partial charge >= 0.3 is 0 Å². The van der Waals surface area contributed by atoms with Gasteiger partial charge in [0.15, 0.2) is 0 Å². The Hall–Kier alpha value is -1.53. The summed E-state index contributed by atoms with van der Waals surface area (Å²) in [5.41, 5.74) is 2.97. The molecule has 6 heteroatoms. The number of anilines is 1. The minimum Gasteiger partial charge on any atom is -0.373 e. The van der Waals surface area contributed by atoms with Crippen molar-refractivity contribution in [1.82, 2.24) is 15.2 Å². The van der Waals surface area contributed by atoms with Gasteiger partial charge in [0.25, 0.3) is 0 Å². The van der Waals surface area contributed by atoms with Gasteiger partial charge in [-0.15, -0.1) is 10.2 Å². The first-order chi connectivity index (χ1) is 10.9. The minimum atomic E-state index is 0.358. The van der Waals surface area contributed by atoms with Crippen LogP contribution in [0.15, 0.2) is 30.0 Å². The molecule has 4 rings (SSSR count). The molecule has 1 aliphatic heterocycles. The van der Waals surface area contributed by atoms with Gasteiger partial charge in [0.2, 0.25) is 5.13 Å². The second-order valence-electron chi connectivity index (χ2n) is 6.19. The Morgan fingerprint density at radius 1 is 1.32 bits per heavy atom. The van der Waals surface area contributed by atoms with Gasteiger partial charge in [0.05, 0.1) is 12.7 Å². The molecule has 0 unspecified atom stereocenters. The van der Waals surface area contributed by atoms with Gasteiger partial charge in [0.1, 0.15) is 5.51 Å². The van der Waals surface area contributed by atoms with E-state index >= 15 is 0 Å². The van der Waals surface area contributed by atoms with Gasteiger partial charge in [-0.05, 0) is 30.4 Å². The molecular formula is C16H20N4OS. The van der Waals surface area contributed by atoms with Gasteiger partial charge in [-0.2, -0.15) is 0 Å². The lowest BCUT2D eigenvalue weighted by atomic mass is 9.79. The van der Waals surface area contributed by atoms with E-state index in [2.05, 4.69) is 26.1 Å². The van der Waals surface area contributed by atoms with Crippen LogP contribution >= 0.6 is 11.3 Å². The van der Waals surface area contributed by atoms with Crippen molar-refractivity contribution in [2.75, 3.05) is 18.0 Å².